The van der Waals surface area contributed by atoms with Crippen molar-refractivity contribution < 1.29 is 18.7 Å². The van der Waals surface area contributed by atoms with E-state index < -0.39 is 5.92 Å². The Morgan fingerprint density at radius 2 is 1.97 bits per heavy atom. The lowest BCUT2D eigenvalue weighted by Crippen LogP contribution is -2.50. The van der Waals surface area contributed by atoms with Gasteiger partial charge in [-0.15, -0.1) is 12.4 Å². The lowest BCUT2D eigenvalue weighted by Gasteiger charge is -2.38. The van der Waals surface area contributed by atoms with Crippen LogP contribution in [0.2, 0.25) is 0 Å². The van der Waals surface area contributed by atoms with Gasteiger partial charge < -0.3 is 19.9 Å². The van der Waals surface area contributed by atoms with Crippen molar-refractivity contribution in [1.29, 1.82) is 0 Å². The van der Waals surface area contributed by atoms with Crippen LogP contribution in [0.25, 0.3) is 0 Å². The zero-order valence-electron chi connectivity index (χ0n) is 16.7. The molecule has 2 aromatic carbocycles. The molecule has 2 unspecified atom stereocenters. The lowest BCUT2D eigenvalue weighted by atomic mass is 9.99. The minimum atomic E-state index is -0.404. The predicted molar refractivity (Wildman–Crippen MR) is 114 cm³/mol. The number of hydrogen-bond donors (Lipinski definition) is 1. The second kappa shape index (κ2) is 9.45. The van der Waals surface area contributed by atoms with E-state index >= 15 is 0 Å². The number of carbonyl (C=O) groups is 2. The molecule has 2 amide bonds. The SMILES string of the molecule is COc1ccc(N2CC(C(=O)N3CCNCC3c3cccc(F)c3)CC2=O)cc1.Cl. The number of piperazine rings is 1. The van der Waals surface area contributed by atoms with Gasteiger partial charge >= 0.3 is 0 Å². The molecule has 2 aliphatic rings. The summed E-state index contributed by atoms with van der Waals surface area (Å²) >= 11 is 0. The van der Waals surface area contributed by atoms with Crippen molar-refractivity contribution in [3.8, 4) is 5.75 Å². The van der Waals surface area contributed by atoms with E-state index in [0.717, 1.165) is 11.3 Å². The summed E-state index contributed by atoms with van der Waals surface area (Å²) in [6.45, 7) is 2.13. The fourth-order valence-electron chi connectivity index (χ4n) is 4.10. The quantitative estimate of drug-likeness (QED) is 0.805. The first kappa shape index (κ1) is 22.1. The van der Waals surface area contributed by atoms with Crippen molar-refractivity contribution in [2.24, 2.45) is 5.92 Å². The first-order valence-corrected chi connectivity index (χ1v) is 9.78. The van der Waals surface area contributed by atoms with Crippen molar-refractivity contribution in [2.75, 3.05) is 38.2 Å². The molecule has 0 saturated carbocycles. The number of methoxy groups -OCH3 is 1. The Bertz CT molecular complexity index is 909. The van der Waals surface area contributed by atoms with Gasteiger partial charge in [-0.3, -0.25) is 9.59 Å². The number of nitrogens with one attached hydrogen (secondary N) is 1. The van der Waals surface area contributed by atoms with Gasteiger partial charge in [0.25, 0.3) is 0 Å². The molecule has 2 aromatic rings. The fourth-order valence-corrected chi connectivity index (χ4v) is 4.10. The van der Waals surface area contributed by atoms with Crippen LogP contribution in [-0.2, 0) is 9.59 Å². The summed E-state index contributed by atoms with van der Waals surface area (Å²) in [5, 5.41) is 3.28. The number of nitrogens with zero attached hydrogens (tertiary/aromatic N) is 2. The molecule has 0 aliphatic carbocycles. The van der Waals surface area contributed by atoms with Crippen molar-refractivity contribution in [3.05, 3.63) is 59.9 Å². The zero-order chi connectivity index (χ0) is 20.4. The van der Waals surface area contributed by atoms with Crippen LogP contribution in [0.4, 0.5) is 10.1 Å². The fraction of sp³-hybridized carbons (Fsp3) is 0.364. The van der Waals surface area contributed by atoms with Crippen molar-refractivity contribution in [1.82, 2.24) is 10.2 Å². The summed E-state index contributed by atoms with van der Waals surface area (Å²) in [4.78, 5) is 29.3. The lowest BCUT2D eigenvalue weighted by molar-refractivity contribution is -0.139. The van der Waals surface area contributed by atoms with E-state index in [1.165, 1.54) is 12.1 Å². The minimum absolute atomic E-state index is 0. The first-order valence-electron chi connectivity index (χ1n) is 9.78. The molecular formula is C22H25ClFN3O3. The van der Waals surface area contributed by atoms with E-state index in [9.17, 15) is 14.0 Å². The third-order valence-electron chi connectivity index (χ3n) is 5.62. The average Bonchev–Trinajstić information content (AvgIpc) is 3.15. The maximum atomic E-state index is 13.7. The van der Waals surface area contributed by atoms with Gasteiger partial charge in [0.1, 0.15) is 11.6 Å². The van der Waals surface area contributed by atoms with Crippen LogP contribution in [0.1, 0.15) is 18.0 Å². The van der Waals surface area contributed by atoms with Crippen molar-refractivity contribution in [2.45, 2.75) is 12.5 Å². The number of amides is 2. The van der Waals surface area contributed by atoms with Crippen LogP contribution in [0.3, 0.4) is 0 Å². The summed E-state index contributed by atoms with van der Waals surface area (Å²) < 4.78 is 18.9. The van der Waals surface area contributed by atoms with Gasteiger partial charge in [0.15, 0.2) is 0 Å². The molecule has 160 valence electrons. The van der Waals surface area contributed by atoms with E-state index in [-0.39, 0.29) is 42.5 Å². The van der Waals surface area contributed by atoms with Crippen LogP contribution in [0.5, 0.6) is 5.75 Å². The zero-order valence-corrected chi connectivity index (χ0v) is 17.5. The molecular weight excluding hydrogens is 409 g/mol. The summed E-state index contributed by atoms with van der Waals surface area (Å²) in [6.07, 6.45) is 0.185. The smallest absolute Gasteiger partial charge is 0.228 e. The third kappa shape index (κ3) is 4.42. The second-order valence-corrected chi connectivity index (χ2v) is 7.41. The van der Waals surface area contributed by atoms with Crippen LogP contribution >= 0.6 is 12.4 Å². The minimum Gasteiger partial charge on any atom is -0.497 e. The molecule has 0 aromatic heterocycles. The molecule has 2 fully saturated rings. The molecule has 2 saturated heterocycles. The van der Waals surface area contributed by atoms with Crippen LogP contribution < -0.4 is 15.0 Å². The number of ether oxygens (including phenoxy) is 1. The number of anilines is 1. The maximum absolute atomic E-state index is 13.7. The van der Waals surface area contributed by atoms with E-state index in [2.05, 4.69) is 5.32 Å². The molecule has 30 heavy (non-hydrogen) atoms. The number of carbonyl (C=O) groups excluding carboxylic acids is 2. The normalized spacial score (nSPS) is 21.3. The Labute approximate surface area is 181 Å². The Balaban J connectivity index is 0.00000256. The number of rotatable bonds is 4. The summed E-state index contributed by atoms with van der Waals surface area (Å²) in [6, 6.07) is 13.4. The highest BCUT2D eigenvalue weighted by molar-refractivity contribution is 6.00. The van der Waals surface area contributed by atoms with Crippen LogP contribution in [-0.4, -0.2) is 50.0 Å². The highest BCUT2D eigenvalue weighted by Crippen LogP contribution is 2.31. The topological polar surface area (TPSA) is 61.9 Å². The van der Waals surface area contributed by atoms with E-state index in [1.54, 1.807) is 35.1 Å². The average molecular weight is 434 g/mol. The third-order valence-corrected chi connectivity index (χ3v) is 5.62. The van der Waals surface area contributed by atoms with Gasteiger partial charge in [-0.05, 0) is 42.0 Å². The van der Waals surface area contributed by atoms with Gasteiger partial charge in [0, 0.05) is 38.3 Å². The maximum Gasteiger partial charge on any atom is 0.228 e. The van der Waals surface area contributed by atoms with Crippen LogP contribution in [0, 0.1) is 11.7 Å². The molecule has 1 N–H and O–H groups in total. The molecule has 0 radical (unpaired) electrons. The Hall–Kier alpha value is -2.64. The number of halogens is 2. The molecule has 8 heteroatoms. The Kier molecular flexibility index (Phi) is 6.95. The van der Waals surface area contributed by atoms with Crippen LogP contribution in [0.15, 0.2) is 48.5 Å². The largest absolute Gasteiger partial charge is 0.497 e. The highest BCUT2D eigenvalue weighted by atomic mass is 35.5. The van der Waals surface area contributed by atoms with E-state index in [0.29, 0.717) is 31.9 Å². The van der Waals surface area contributed by atoms with Gasteiger partial charge in [-0.2, -0.15) is 0 Å². The molecule has 6 nitrogen and oxygen atoms in total. The van der Waals surface area contributed by atoms with Gasteiger partial charge in [-0.25, -0.2) is 4.39 Å². The Morgan fingerprint density at radius 3 is 2.67 bits per heavy atom. The van der Waals surface area contributed by atoms with Crippen molar-refractivity contribution >= 4 is 29.9 Å². The first-order chi connectivity index (χ1) is 14.1. The van der Waals surface area contributed by atoms with E-state index in [4.69, 9.17) is 4.74 Å². The molecule has 0 spiro atoms. The molecule has 2 heterocycles. The van der Waals surface area contributed by atoms with Crippen molar-refractivity contribution in [3.63, 3.8) is 0 Å². The molecule has 2 atom stereocenters. The second-order valence-electron chi connectivity index (χ2n) is 7.41. The van der Waals surface area contributed by atoms with Gasteiger partial charge in [-0.1, -0.05) is 12.1 Å². The standard InChI is InChI=1S/C22H24FN3O3.ClH/c1-29-19-7-5-18(6-8-19)26-14-16(12-21(26)27)22(28)25-10-9-24-13-20(25)15-3-2-4-17(23)11-15;/h2-8,11,16,20,24H,9-10,12-14H2,1H3;1H. The van der Waals surface area contributed by atoms with E-state index in [1.807, 2.05) is 18.2 Å². The molecule has 0 bridgehead atoms. The number of hydrogen-bond acceptors (Lipinski definition) is 4. The van der Waals surface area contributed by atoms with Gasteiger partial charge in [0.05, 0.1) is 19.1 Å². The Morgan fingerprint density at radius 1 is 1.20 bits per heavy atom. The summed E-state index contributed by atoms with van der Waals surface area (Å²) in [5.41, 5.74) is 1.52. The summed E-state index contributed by atoms with van der Waals surface area (Å²) in [7, 11) is 1.59. The molecule has 4 rings (SSSR count). The predicted octanol–water partition coefficient (Wildman–Crippen LogP) is 2.78. The monoisotopic (exact) mass is 433 g/mol. The highest BCUT2D eigenvalue weighted by Gasteiger charge is 2.39. The number of benzene rings is 2. The van der Waals surface area contributed by atoms with Gasteiger partial charge in [0.2, 0.25) is 11.8 Å². The summed E-state index contributed by atoms with van der Waals surface area (Å²) in [5.74, 6) is -0.121. The molecule has 2 aliphatic heterocycles.